The number of anilines is 1. The Hall–Kier alpha value is -1.68. The highest BCUT2D eigenvalue weighted by molar-refractivity contribution is 7.14. The molecule has 0 aliphatic heterocycles. The van der Waals surface area contributed by atoms with Gasteiger partial charge in [0.25, 0.3) is 5.91 Å². The topological polar surface area (TPSA) is 29.1 Å². The molecule has 1 amide bonds. The first-order chi connectivity index (χ1) is 8.06. The first-order valence-corrected chi connectivity index (χ1v) is 6.02. The van der Waals surface area contributed by atoms with Crippen molar-refractivity contribution in [3.8, 4) is 0 Å². The Bertz CT molecular complexity index is 526. The maximum atomic E-state index is 12.7. The van der Waals surface area contributed by atoms with Gasteiger partial charge in [0.2, 0.25) is 0 Å². The van der Waals surface area contributed by atoms with Crippen molar-refractivity contribution in [1.82, 2.24) is 0 Å². The highest BCUT2D eigenvalue weighted by Gasteiger charge is 2.10. The number of carbonyl (C=O) groups is 1. The molecule has 1 N–H and O–H groups in total. The van der Waals surface area contributed by atoms with Crippen LogP contribution in [0.4, 0.5) is 10.1 Å². The molecule has 0 unspecified atom stereocenters. The molecule has 0 spiro atoms. The number of carbonyl (C=O) groups excluding carboxylic acids is 1. The van der Waals surface area contributed by atoms with E-state index in [-0.39, 0.29) is 11.7 Å². The van der Waals surface area contributed by atoms with Crippen molar-refractivity contribution in [2.75, 3.05) is 5.32 Å². The predicted molar refractivity (Wildman–Crippen MR) is 68.1 cm³/mol. The lowest BCUT2D eigenvalue weighted by molar-refractivity contribution is 0.103. The number of halogens is 1. The summed E-state index contributed by atoms with van der Waals surface area (Å²) in [5.74, 6) is -0.469. The van der Waals surface area contributed by atoms with Gasteiger partial charge in [-0.05, 0) is 49.7 Å². The van der Waals surface area contributed by atoms with Gasteiger partial charge >= 0.3 is 0 Å². The van der Waals surface area contributed by atoms with Crippen LogP contribution in [0.1, 0.15) is 20.1 Å². The molecular formula is C13H12FNOS. The maximum Gasteiger partial charge on any atom is 0.265 e. The summed E-state index contributed by atoms with van der Waals surface area (Å²) in [6.07, 6.45) is 0. The first-order valence-electron chi connectivity index (χ1n) is 5.20. The Labute approximate surface area is 103 Å². The van der Waals surface area contributed by atoms with Crippen molar-refractivity contribution < 1.29 is 9.18 Å². The second kappa shape index (κ2) is 4.67. The Morgan fingerprint density at radius 2 is 1.88 bits per heavy atom. The molecule has 0 saturated heterocycles. The van der Waals surface area contributed by atoms with Crippen LogP contribution in [-0.2, 0) is 0 Å². The molecule has 2 rings (SSSR count). The van der Waals surface area contributed by atoms with Gasteiger partial charge in [-0.1, -0.05) is 0 Å². The molecule has 0 atom stereocenters. The summed E-state index contributed by atoms with van der Waals surface area (Å²) in [6.45, 7) is 3.95. The van der Waals surface area contributed by atoms with Crippen LogP contribution in [0.5, 0.6) is 0 Å². The highest BCUT2D eigenvalue weighted by atomic mass is 32.1. The Kier molecular flexibility index (Phi) is 3.24. The number of aryl methyl sites for hydroxylation is 2. The first kappa shape index (κ1) is 11.8. The number of hydrogen-bond donors (Lipinski definition) is 1. The van der Waals surface area contributed by atoms with E-state index in [1.165, 1.54) is 23.5 Å². The molecule has 0 radical (unpaired) electrons. The molecule has 0 saturated carbocycles. The average Bonchev–Trinajstić information content (AvgIpc) is 2.63. The Balaban J connectivity index is 2.14. The van der Waals surface area contributed by atoms with E-state index in [0.717, 1.165) is 10.4 Å². The van der Waals surface area contributed by atoms with Gasteiger partial charge < -0.3 is 5.32 Å². The molecule has 0 bridgehead atoms. The van der Waals surface area contributed by atoms with E-state index in [9.17, 15) is 9.18 Å². The van der Waals surface area contributed by atoms with Gasteiger partial charge in [0, 0.05) is 10.6 Å². The van der Waals surface area contributed by atoms with Crippen molar-refractivity contribution >= 4 is 22.9 Å². The lowest BCUT2D eigenvalue weighted by Gasteiger charge is -2.02. The summed E-state index contributed by atoms with van der Waals surface area (Å²) in [5.41, 5.74) is 1.71. The molecule has 1 aromatic carbocycles. The normalized spacial score (nSPS) is 10.3. The fourth-order valence-corrected chi connectivity index (χ4v) is 2.34. The molecule has 0 aliphatic rings. The largest absolute Gasteiger partial charge is 0.321 e. The third kappa shape index (κ3) is 2.71. The average molecular weight is 249 g/mol. The van der Waals surface area contributed by atoms with Crippen LogP contribution in [-0.4, -0.2) is 5.91 Å². The van der Waals surface area contributed by atoms with Crippen molar-refractivity contribution in [1.29, 1.82) is 0 Å². The van der Waals surface area contributed by atoms with Crippen molar-refractivity contribution in [3.63, 3.8) is 0 Å². The molecule has 1 heterocycles. The van der Waals surface area contributed by atoms with E-state index in [2.05, 4.69) is 5.32 Å². The van der Waals surface area contributed by atoms with Crippen molar-refractivity contribution in [2.45, 2.75) is 13.8 Å². The van der Waals surface area contributed by atoms with E-state index in [1.807, 2.05) is 19.9 Å². The fourth-order valence-electron chi connectivity index (χ4n) is 1.41. The second-order valence-corrected chi connectivity index (χ2v) is 5.07. The highest BCUT2D eigenvalue weighted by Crippen LogP contribution is 2.21. The SMILES string of the molecule is Cc1cc(C(=O)Nc2ccc(F)cc2)sc1C. The predicted octanol–water partition coefficient (Wildman–Crippen LogP) is 3.76. The number of amides is 1. The summed E-state index contributed by atoms with van der Waals surface area (Å²) in [7, 11) is 0. The van der Waals surface area contributed by atoms with Crippen LogP contribution in [0.25, 0.3) is 0 Å². The van der Waals surface area contributed by atoms with Gasteiger partial charge in [0.15, 0.2) is 0 Å². The molecule has 2 aromatic rings. The zero-order chi connectivity index (χ0) is 12.4. The van der Waals surface area contributed by atoms with Crippen LogP contribution in [0, 0.1) is 19.7 Å². The van der Waals surface area contributed by atoms with Gasteiger partial charge in [-0.15, -0.1) is 11.3 Å². The number of hydrogen-bond acceptors (Lipinski definition) is 2. The number of thiophene rings is 1. The standard InChI is InChI=1S/C13H12FNOS/c1-8-7-12(17-9(8)2)13(16)15-11-5-3-10(14)4-6-11/h3-7H,1-2H3,(H,15,16). The fraction of sp³-hybridized carbons (Fsp3) is 0.154. The zero-order valence-corrected chi connectivity index (χ0v) is 10.4. The van der Waals surface area contributed by atoms with E-state index < -0.39 is 0 Å². The van der Waals surface area contributed by atoms with Crippen LogP contribution in [0.15, 0.2) is 30.3 Å². The summed E-state index contributed by atoms with van der Waals surface area (Å²) in [5, 5.41) is 2.73. The van der Waals surface area contributed by atoms with Gasteiger partial charge in [-0.3, -0.25) is 4.79 Å². The Morgan fingerprint density at radius 1 is 1.24 bits per heavy atom. The van der Waals surface area contributed by atoms with Crippen molar-refractivity contribution in [3.05, 3.63) is 51.5 Å². The van der Waals surface area contributed by atoms with Crippen LogP contribution < -0.4 is 5.32 Å². The quantitative estimate of drug-likeness (QED) is 0.862. The van der Waals surface area contributed by atoms with E-state index in [0.29, 0.717) is 10.6 Å². The summed E-state index contributed by atoms with van der Waals surface area (Å²) < 4.78 is 12.7. The van der Waals surface area contributed by atoms with Gasteiger partial charge in [0.05, 0.1) is 4.88 Å². The maximum absolute atomic E-state index is 12.7. The van der Waals surface area contributed by atoms with Crippen LogP contribution in [0.2, 0.25) is 0 Å². The molecule has 1 aromatic heterocycles. The lowest BCUT2D eigenvalue weighted by atomic mass is 10.2. The molecule has 0 fully saturated rings. The number of nitrogens with one attached hydrogen (secondary N) is 1. The summed E-state index contributed by atoms with van der Waals surface area (Å²) >= 11 is 1.46. The minimum absolute atomic E-state index is 0.155. The lowest BCUT2D eigenvalue weighted by Crippen LogP contribution is -2.09. The molecule has 88 valence electrons. The summed E-state index contributed by atoms with van der Waals surface area (Å²) in [4.78, 5) is 13.7. The van der Waals surface area contributed by atoms with E-state index in [4.69, 9.17) is 0 Å². The van der Waals surface area contributed by atoms with Gasteiger partial charge in [-0.2, -0.15) is 0 Å². The second-order valence-electron chi connectivity index (χ2n) is 3.81. The van der Waals surface area contributed by atoms with Crippen LogP contribution in [0.3, 0.4) is 0 Å². The molecule has 2 nitrogen and oxygen atoms in total. The van der Waals surface area contributed by atoms with Gasteiger partial charge in [0.1, 0.15) is 5.82 Å². The van der Waals surface area contributed by atoms with Crippen molar-refractivity contribution in [2.24, 2.45) is 0 Å². The zero-order valence-electron chi connectivity index (χ0n) is 9.58. The third-order valence-electron chi connectivity index (χ3n) is 2.49. The number of benzene rings is 1. The van der Waals surface area contributed by atoms with Crippen LogP contribution >= 0.6 is 11.3 Å². The molecule has 4 heteroatoms. The monoisotopic (exact) mass is 249 g/mol. The molecular weight excluding hydrogens is 237 g/mol. The summed E-state index contributed by atoms with van der Waals surface area (Å²) in [6, 6.07) is 7.58. The number of rotatable bonds is 2. The smallest absolute Gasteiger partial charge is 0.265 e. The molecule has 0 aliphatic carbocycles. The minimum atomic E-state index is -0.314. The minimum Gasteiger partial charge on any atom is -0.321 e. The van der Waals surface area contributed by atoms with E-state index in [1.54, 1.807) is 12.1 Å². The Morgan fingerprint density at radius 3 is 2.41 bits per heavy atom. The third-order valence-corrected chi connectivity index (χ3v) is 3.64. The van der Waals surface area contributed by atoms with Gasteiger partial charge in [-0.25, -0.2) is 4.39 Å². The molecule has 17 heavy (non-hydrogen) atoms. The van der Waals surface area contributed by atoms with E-state index >= 15 is 0 Å².